The molecule has 0 aliphatic carbocycles. The molecule has 2 rings (SSSR count). The van der Waals surface area contributed by atoms with Gasteiger partial charge in [0.2, 0.25) is 12.3 Å². The van der Waals surface area contributed by atoms with Gasteiger partial charge in [0.25, 0.3) is 5.91 Å². The lowest BCUT2D eigenvalue weighted by molar-refractivity contribution is -0.131. The fourth-order valence-corrected chi connectivity index (χ4v) is 3.27. The van der Waals surface area contributed by atoms with Gasteiger partial charge in [0.05, 0.1) is 5.02 Å². The van der Waals surface area contributed by atoms with Crippen LogP contribution in [0.2, 0.25) is 10.2 Å². The van der Waals surface area contributed by atoms with Crippen LogP contribution in [0.15, 0.2) is 30.3 Å². The van der Waals surface area contributed by atoms with Crippen molar-refractivity contribution in [2.45, 2.75) is 39.7 Å². The molecule has 1 heterocycles. The molecule has 0 bridgehead atoms. The van der Waals surface area contributed by atoms with Gasteiger partial charge < -0.3 is 15.2 Å². The van der Waals surface area contributed by atoms with Gasteiger partial charge in [0.15, 0.2) is 0 Å². The van der Waals surface area contributed by atoms with E-state index in [2.05, 4.69) is 10.6 Å². The molecule has 0 radical (unpaired) electrons. The minimum Gasteiger partial charge on any atom is -0.352 e. The molecule has 0 fully saturated rings. The molecule has 2 amide bonds. The molecule has 5 nitrogen and oxygen atoms in total. The van der Waals surface area contributed by atoms with Crippen molar-refractivity contribution >= 4 is 35.0 Å². The summed E-state index contributed by atoms with van der Waals surface area (Å²) in [6.45, 7) is 3.70. The van der Waals surface area contributed by atoms with Crippen molar-refractivity contribution in [3.63, 3.8) is 0 Å². The Labute approximate surface area is 184 Å². The molecule has 30 heavy (non-hydrogen) atoms. The van der Waals surface area contributed by atoms with Gasteiger partial charge in [-0.2, -0.15) is 0 Å². The van der Waals surface area contributed by atoms with Crippen molar-refractivity contribution in [2.75, 3.05) is 6.54 Å². The molecule has 0 saturated heterocycles. The van der Waals surface area contributed by atoms with Crippen LogP contribution < -0.4 is 10.6 Å². The number of carbonyl (C=O) groups is 2. The summed E-state index contributed by atoms with van der Waals surface area (Å²) < 4.78 is 26.7. The Bertz CT molecular complexity index is 896. The Morgan fingerprint density at radius 2 is 1.70 bits per heavy atom. The number of nitrogens with zero attached hydrogens (tertiary/aromatic N) is 1. The standard InChI is InChI=1S/C21H25Cl2F2N3O2/c1-21(2,11-17(24)25)20(30)27-12-14-6-4-13(5-7-14)8-9-26-19(29)16-10-15(22)18(23)28(16)3/h4-7,10,17H,8-9,11-12H2,1-3H3,(H,26,29)(H,27,30). The summed E-state index contributed by atoms with van der Waals surface area (Å²) in [5.41, 5.74) is 1.12. The van der Waals surface area contributed by atoms with Crippen molar-refractivity contribution in [1.29, 1.82) is 0 Å². The van der Waals surface area contributed by atoms with E-state index in [1.54, 1.807) is 7.05 Å². The third kappa shape index (κ3) is 6.44. The first-order valence-electron chi connectivity index (χ1n) is 9.44. The molecule has 0 aliphatic heterocycles. The summed E-state index contributed by atoms with van der Waals surface area (Å²) in [5.74, 6) is -0.674. The SMILES string of the molecule is Cn1c(C(=O)NCCc2ccc(CNC(=O)C(C)(C)CC(F)F)cc2)cc(Cl)c1Cl. The third-order valence-corrected chi connectivity index (χ3v) is 5.65. The summed E-state index contributed by atoms with van der Waals surface area (Å²) in [6, 6.07) is 9.02. The maximum Gasteiger partial charge on any atom is 0.268 e. The highest BCUT2D eigenvalue weighted by molar-refractivity contribution is 6.41. The molecule has 0 atom stereocenters. The first kappa shape index (κ1) is 24.2. The number of hydrogen-bond acceptors (Lipinski definition) is 2. The molecule has 1 aromatic carbocycles. The number of amides is 2. The van der Waals surface area contributed by atoms with Crippen molar-refractivity contribution < 1.29 is 18.4 Å². The summed E-state index contributed by atoms with van der Waals surface area (Å²) in [7, 11) is 1.66. The molecule has 2 N–H and O–H groups in total. The van der Waals surface area contributed by atoms with Crippen LogP contribution in [0.5, 0.6) is 0 Å². The zero-order chi connectivity index (χ0) is 22.5. The van der Waals surface area contributed by atoms with E-state index in [4.69, 9.17) is 23.2 Å². The second-order valence-corrected chi connectivity index (χ2v) is 8.48. The van der Waals surface area contributed by atoms with Gasteiger partial charge >= 0.3 is 0 Å². The fourth-order valence-electron chi connectivity index (χ4n) is 2.90. The molecule has 2 aromatic rings. The Morgan fingerprint density at radius 3 is 2.23 bits per heavy atom. The largest absolute Gasteiger partial charge is 0.352 e. The van der Waals surface area contributed by atoms with Crippen molar-refractivity contribution in [3.8, 4) is 0 Å². The summed E-state index contributed by atoms with van der Waals surface area (Å²) in [6.07, 6.45) is -2.39. The van der Waals surface area contributed by atoms with Crippen LogP contribution in [0.4, 0.5) is 8.78 Å². The molecule has 0 saturated carbocycles. The van der Waals surface area contributed by atoms with E-state index in [9.17, 15) is 18.4 Å². The van der Waals surface area contributed by atoms with Crippen LogP contribution in [-0.2, 0) is 24.8 Å². The van der Waals surface area contributed by atoms with Crippen LogP contribution in [0.1, 0.15) is 41.9 Å². The monoisotopic (exact) mass is 459 g/mol. The van der Waals surface area contributed by atoms with Crippen LogP contribution in [0, 0.1) is 5.41 Å². The number of alkyl halides is 2. The number of benzene rings is 1. The predicted molar refractivity (Wildman–Crippen MR) is 114 cm³/mol. The minimum atomic E-state index is -2.53. The highest BCUT2D eigenvalue weighted by Crippen LogP contribution is 2.25. The lowest BCUT2D eigenvalue weighted by atomic mass is 9.88. The summed E-state index contributed by atoms with van der Waals surface area (Å²) in [5, 5.41) is 6.15. The van der Waals surface area contributed by atoms with Gasteiger partial charge in [-0.3, -0.25) is 9.59 Å². The fraction of sp³-hybridized carbons (Fsp3) is 0.429. The topological polar surface area (TPSA) is 63.1 Å². The number of aromatic nitrogens is 1. The Morgan fingerprint density at radius 1 is 1.10 bits per heavy atom. The smallest absolute Gasteiger partial charge is 0.268 e. The van der Waals surface area contributed by atoms with E-state index in [0.29, 0.717) is 28.8 Å². The predicted octanol–water partition coefficient (Wildman–Crippen LogP) is 4.60. The molecule has 0 aliphatic rings. The number of halogens is 4. The Balaban J connectivity index is 1.81. The van der Waals surface area contributed by atoms with Crippen LogP contribution in [0.25, 0.3) is 0 Å². The van der Waals surface area contributed by atoms with Crippen molar-refractivity contribution in [1.82, 2.24) is 15.2 Å². The normalized spacial score (nSPS) is 11.6. The zero-order valence-electron chi connectivity index (χ0n) is 17.1. The summed E-state index contributed by atoms with van der Waals surface area (Å²) >= 11 is 11.9. The van der Waals surface area contributed by atoms with Gasteiger partial charge in [0.1, 0.15) is 10.8 Å². The zero-order valence-corrected chi connectivity index (χ0v) is 18.6. The maximum absolute atomic E-state index is 12.6. The third-order valence-electron chi connectivity index (χ3n) is 4.80. The van der Waals surface area contributed by atoms with Crippen molar-refractivity contribution in [2.24, 2.45) is 12.5 Å². The van der Waals surface area contributed by atoms with E-state index in [1.165, 1.54) is 24.5 Å². The summed E-state index contributed by atoms with van der Waals surface area (Å²) in [4.78, 5) is 24.3. The Kier molecular flexibility index (Phi) is 8.26. The quantitative estimate of drug-likeness (QED) is 0.575. The van der Waals surface area contributed by atoms with Gasteiger partial charge in [-0.05, 0) is 23.6 Å². The first-order chi connectivity index (χ1) is 14.0. The molecular formula is C21H25Cl2F2N3O2. The van der Waals surface area contributed by atoms with Gasteiger partial charge in [-0.1, -0.05) is 61.3 Å². The van der Waals surface area contributed by atoms with Gasteiger partial charge in [-0.15, -0.1) is 0 Å². The maximum atomic E-state index is 12.6. The molecular weight excluding hydrogens is 435 g/mol. The highest BCUT2D eigenvalue weighted by Gasteiger charge is 2.30. The number of rotatable bonds is 9. The van der Waals surface area contributed by atoms with Crippen LogP contribution >= 0.6 is 23.2 Å². The molecule has 164 valence electrons. The van der Waals surface area contributed by atoms with Crippen molar-refractivity contribution in [3.05, 3.63) is 57.3 Å². The van der Waals surface area contributed by atoms with Crippen LogP contribution in [-0.4, -0.2) is 29.4 Å². The lowest BCUT2D eigenvalue weighted by Crippen LogP contribution is -2.37. The number of nitrogens with one attached hydrogen (secondary N) is 2. The second kappa shape index (κ2) is 10.3. The molecule has 9 heteroatoms. The van der Waals surface area contributed by atoms with E-state index < -0.39 is 24.2 Å². The Hall–Kier alpha value is -2.12. The minimum absolute atomic E-state index is 0.261. The lowest BCUT2D eigenvalue weighted by Gasteiger charge is -2.23. The average molecular weight is 460 g/mol. The number of carbonyl (C=O) groups excluding carboxylic acids is 2. The van der Waals surface area contributed by atoms with E-state index >= 15 is 0 Å². The second-order valence-electron chi connectivity index (χ2n) is 7.71. The van der Waals surface area contributed by atoms with E-state index in [1.807, 2.05) is 24.3 Å². The first-order valence-corrected chi connectivity index (χ1v) is 10.2. The van der Waals surface area contributed by atoms with E-state index in [-0.39, 0.29) is 12.5 Å². The molecule has 1 aromatic heterocycles. The molecule has 0 spiro atoms. The van der Waals surface area contributed by atoms with Gasteiger partial charge in [-0.25, -0.2) is 8.78 Å². The van der Waals surface area contributed by atoms with Gasteiger partial charge in [0, 0.05) is 32.0 Å². The highest BCUT2D eigenvalue weighted by atomic mass is 35.5. The molecule has 0 unspecified atom stereocenters. The average Bonchev–Trinajstić information content (AvgIpc) is 2.93. The number of hydrogen-bond donors (Lipinski definition) is 2. The van der Waals surface area contributed by atoms with E-state index in [0.717, 1.165) is 11.1 Å². The van der Waals surface area contributed by atoms with Crippen LogP contribution in [0.3, 0.4) is 0 Å².